The van der Waals surface area contributed by atoms with Gasteiger partial charge in [0, 0.05) is 45.0 Å². The molecule has 5 heteroatoms. The zero-order valence-corrected chi connectivity index (χ0v) is 11.9. The van der Waals surface area contributed by atoms with Gasteiger partial charge in [0.05, 0.1) is 13.2 Å². The van der Waals surface area contributed by atoms with Crippen LogP contribution < -0.4 is 5.32 Å². The van der Waals surface area contributed by atoms with E-state index in [1.807, 2.05) is 6.07 Å². The number of rotatable bonds is 10. The number of methoxy groups -OCH3 is 1. The molecule has 0 saturated heterocycles. The first-order valence-corrected chi connectivity index (χ1v) is 6.81. The van der Waals surface area contributed by atoms with E-state index in [1.165, 1.54) is 0 Å². The summed E-state index contributed by atoms with van der Waals surface area (Å²) >= 11 is 0. The van der Waals surface area contributed by atoms with Crippen molar-refractivity contribution in [3.63, 3.8) is 0 Å². The lowest BCUT2D eigenvalue weighted by molar-refractivity contribution is 0.127. The van der Waals surface area contributed by atoms with E-state index in [0.29, 0.717) is 13.2 Å². The van der Waals surface area contributed by atoms with Crippen molar-refractivity contribution < 1.29 is 9.84 Å². The highest BCUT2D eigenvalue weighted by atomic mass is 16.5. The molecule has 19 heavy (non-hydrogen) atoms. The predicted molar refractivity (Wildman–Crippen MR) is 77.3 cm³/mol. The van der Waals surface area contributed by atoms with Crippen LogP contribution in [0.2, 0.25) is 0 Å². The van der Waals surface area contributed by atoms with Gasteiger partial charge in [-0.1, -0.05) is 13.0 Å². The number of ether oxygens (including phenoxy) is 1. The SMILES string of the molecule is CCCNc1ncccc1CN(CCO)CCOC. The zero-order chi connectivity index (χ0) is 13.9. The number of nitrogens with zero attached hydrogens (tertiary/aromatic N) is 2. The highest BCUT2D eigenvalue weighted by Crippen LogP contribution is 2.14. The highest BCUT2D eigenvalue weighted by Gasteiger charge is 2.09. The normalized spacial score (nSPS) is 10.9. The Morgan fingerprint density at radius 1 is 1.42 bits per heavy atom. The van der Waals surface area contributed by atoms with Crippen LogP contribution in [0.5, 0.6) is 0 Å². The first-order valence-electron chi connectivity index (χ1n) is 6.81. The van der Waals surface area contributed by atoms with Crippen LogP contribution in [0.25, 0.3) is 0 Å². The second-order valence-electron chi connectivity index (χ2n) is 4.43. The molecule has 0 aliphatic heterocycles. The Balaban J connectivity index is 2.65. The first kappa shape index (κ1) is 15.9. The topological polar surface area (TPSA) is 57.6 Å². The van der Waals surface area contributed by atoms with Gasteiger partial charge in [0.2, 0.25) is 0 Å². The maximum atomic E-state index is 9.11. The van der Waals surface area contributed by atoms with Gasteiger partial charge in [-0.2, -0.15) is 0 Å². The molecule has 0 unspecified atom stereocenters. The summed E-state index contributed by atoms with van der Waals surface area (Å²) in [6, 6.07) is 4.02. The molecular weight excluding hydrogens is 242 g/mol. The van der Waals surface area contributed by atoms with Gasteiger partial charge in [-0.05, 0) is 12.5 Å². The summed E-state index contributed by atoms with van der Waals surface area (Å²) in [6.07, 6.45) is 2.87. The monoisotopic (exact) mass is 267 g/mol. The number of pyridine rings is 1. The van der Waals surface area contributed by atoms with Crippen LogP contribution in [0, 0.1) is 0 Å². The van der Waals surface area contributed by atoms with Crippen LogP contribution in [0.3, 0.4) is 0 Å². The van der Waals surface area contributed by atoms with Gasteiger partial charge < -0.3 is 15.2 Å². The Kier molecular flexibility index (Phi) is 8.13. The van der Waals surface area contributed by atoms with Gasteiger partial charge in [0.25, 0.3) is 0 Å². The van der Waals surface area contributed by atoms with Gasteiger partial charge in [-0.3, -0.25) is 4.90 Å². The minimum absolute atomic E-state index is 0.154. The minimum atomic E-state index is 0.154. The number of nitrogens with one attached hydrogen (secondary N) is 1. The molecule has 0 amide bonds. The van der Waals surface area contributed by atoms with E-state index < -0.39 is 0 Å². The van der Waals surface area contributed by atoms with Crippen molar-refractivity contribution >= 4 is 5.82 Å². The third-order valence-electron chi connectivity index (χ3n) is 2.86. The van der Waals surface area contributed by atoms with Crippen molar-refractivity contribution in [1.82, 2.24) is 9.88 Å². The average molecular weight is 267 g/mol. The lowest BCUT2D eigenvalue weighted by atomic mass is 10.2. The van der Waals surface area contributed by atoms with Gasteiger partial charge in [0.1, 0.15) is 5.82 Å². The quantitative estimate of drug-likeness (QED) is 0.670. The van der Waals surface area contributed by atoms with E-state index >= 15 is 0 Å². The standard InChI is InChI=1S/C14H25N3O2/c1-3-6-15-14-13(5-4-7-16-14)12-17(8-10-18)9-11-19-2/h4-5,7,18H,3,6,8-12H2,1-2H3,(H,15,16). The molecule has 1 aromatic rings. The fourth-order valence-electron chi connectivity index (χ4n) is 1.84. The molecule has 0 aliphatic rings. The molecule has 1 heterocycles. The Hall–Kier alpha value is -1.17. The zero-order valence-electron chi connectivity index (χ0n) is 11.9. The van der Waals surface area contributed by atoms with Crippen LogP contribution in [0.15, 0.2) is 18.3 Å². The van der Waals surface area contributed by atoms with Gasteiger partial charge in [-0.25, -0.2) is 4.98 Å². The van der Waals surface area contributed by atoms with E-state index in [2.05, 4.69) is 28.2 Å². The number of anilines is 1. The van der Waals surface area contributed by atoms with E-state index in [0.717, 1.165) is 37.4 Å². The Morgan fingerprint density at radius 3 is 2.95 bits per heavy atom. The van der Waals surface area contributed by atoms with Crippen molar-refractivity contribution in [3.8, 4) is 0 Å². The smallest absolute Gasteiger partial charge is 0.130 e. The van der Waals surface area contributed by atoms with Crippen LogP contribution in [-0.4, -0.2) is 54.9 Å². The predicted octanol–water partition coefficient (Wildman–Crippen LogP) is 1.34. The lowest BCUT2D eigenvalue weighted by Gasteiger charge is -2.22. The Labute approximate surface area is 115 Å². The van der Waals surface area contributed by atoms with Gasteiger partial charge in [0.15, 0.2) is 0 Å². The third-order valence-corrected chi connectivity index (χ3v) is 2.86. The molecule has 0 atom stereocenters. The second kappa shape index (κ2) is 9.72. The largest absolute Gasteiger partial charge is 0.395 e. The number of hydrogen-bond donors (Lipinski definition) is 2. The van der Waals surface area contributed by atoms with Crippen LogP contribution in [-0.2, 0) is 11.3 Å². The molecule has 0 bridgehead atoms. The fraction of sp³-hybridized carbons (Fsp3) is 0.643. The van der Waals surface area contributed by atoms with Crippen molar-refractivity contribution in [2.75, 3.05) is 45.3 Å². The Bertz CT molecular complexity index is 347. The summed E-state index contributed by atoms with van der Waals surface area (Å²) in [5.74, 6) is 0.935. The maximum Gasteiger partial charge on any atom is 0.130 e. The first-order chi connectivity index (χ1) is 9.31. The molecule has 108 valence electrons. The summed E-state index contributed by atoms with van der Waals surface area (Å²) < 4.78 is 5.10. The molecule has 0 saturated carbocycles. The summed E-state index contributed by atoms with van der Waals surface area (Å²) in [5, 5.41) is 12.4. The fourth-order valence-corrected chi connectivity index (χ4v) is 1.84. The number of hydrogen-bond acceptors (Lipinski definition) is 5. The minimum Gasteiger partial charge on any atom is -0.395 e. The molecule has 0 aliphatic carbocycles. The van der Waals surface area contributed by atoms with Crippen LogP contribution >= 0.6 is 0 Å². The van der Waals surface area contributed by atoms with E-state index in [1.54, 1.807) is 13.3 Å². The summed E-state index contributed by atoms with van der Waals surface area (Å²) in [7, 11) is 1.69. The summed E-state index contributed by atoms with van der Waals surface area (Å²) in [5.41, 5.74) is 1.15. The summed E-state index contributed by atoms with van der Waals surface area (Å²) in [4.78, 5) is 6.54. The molecule has 1 aromatic heterocycles. The number of aliphatic hydroxyl groups is 1. The van der Waals surface area contributed by atoms with E-state index in [-0.39, 0.29) is 6.61 Å². The molecule has 2 N–H and O–H groups in total. The van der Waals surface area contributed by atoms with E-state index in [9.17, 15) is 0 Å². The lowest BCUT2D eigenvalue weighted by Crippen LogP contribution is -2.30. The molecular formula is C14H25N3O2. The second-order valence-corrected chi connectivity index (χ2v) is 4.43. The molecule has 0 aromatic carbocycles. The van der Waals surface area contributed by atoms with Gasteiger partial charge >= 0.3 is 0 Å². The van der Waals surface area contributed by atoms with Crippen molar-refractivity contribution in [3.05, 3.63) is 23.9 Å². The van der Waals surface area contributed by atoms with Crippen molar-refractivity contribution in [1.29, 1.82) is 0 Å². The maximum absolute atomic E-state index is 9.11. The average Bonchev–Trinajstić information content (AvgIpc) is 2.44. The highest BCUT2D eigenvalue weighted by molar-refractivity contribution is 5.43. The molecule has 5 nitrogen and oxygen atoms in total. The van der Waals surface area contributed by atoms with Crippen LogP contribution in [0.1, 0.15) is 18.9 Å². The Morgan fingerprint density at radius 2 is 2.26 bits per heavy atom. The molecule has 1 rings (SSSR count). The summed E-state index contributed by atoms with van der Waals surface area (Å²) in [6.45, 7) is 6.09. The number of aliphatic hydroxyl groups excluding tert-OH is 1. The van der Waals surface area contributed by atoms with Gasteiger partial charge in [-0.15, -0.1) is 0 Å². The van der Waals surface area contributed by atoms with Crippen molar-refractivity contribution in [2.24, 2.45) is 0 Å². The van der Waals surface area contributed by atoms with E-state index in [4.69, 9.17) is 9.84 Å². The third kappa shape index (κ3) is 6.00. The number of aromatic nitrogens is 1. The molecule has 0 spiro atoms. The molecule has 0 radical (unpaired) electrons. The van der Waals surface area contributed by atoms with Crippen LogP contribution in [0.4, 0.5) is 5.82 Å². The van der Waals surface area contributed by atoms with Crippen molar-refractivity contribution in [2.45, 2.75) is 19.9 Å². The molecule has 0 fully saturated rings.